The van der Waals surface area contributed by atoms with E-state index in [-0.39, 0.29) is 0 Å². The first-order chi connectivity index (χ1) is 4.41. The van der Waals surface area contributed by atoms with Gasteiger partial charge in [0.15, 0.2) is 0 Å². The normalized spacial score (nSPS) is 10.9. The molecule has 53 valence electrons. The van der Waals surface area contributed by atoms with Crippen LogP contribution in [0.3, 0.4) is 0 Å². The summed E-state index contributed by atoms with van der Waals surface area (Å²) >= 11 is 1.76. The van der Waals surface area contributed by atoms with Gasteiger partial charge in [-0.25, -0.2) is 0 Å². The third-order valence-corrected chi connectivity index (χ3v) is 1.57. The third kappa shape index (κ3) is 8.09. The van der Waals surface area contributed by atoms with Crippen molar-refractivity contribution in [2.75, 3.05) is 6.26 Å². The van der Waals surface area contributed by atoms with Crippen LogP contribution in [0.2, 0.25) is 0 Å². The van der Waals surface area contributed by atoms with E-state index >= 15 is 0 Å². The summed E-state index contributed by atoms with van der Waals surface area (Å²) in [7, 11) is 0. The van der Waals surface area contributed by atoms with E-state index < -0.39 is 0 Å². The molecule has 9 heavy (non-hydrogen) atoms. The molecule has 0 rings (SSSR count). The lowest BCUT2D eigenvalue weighted by atomic mass is 10.2. The maximum Gasteiger partial charge on any atom is -0.0142 e. The van der Waals surface area contributed by atoms with Gasteiger partial charge in [0.25, 0.3) is 0 Å². The smallest absolute Gasteiger partial charge is 0.0142 e. The van der Waals surface area contributed by atoms with E-state index in [4.69, 9.17) is 0 Å². The number of thioether (sulfide) groups is 1. The van der Waals surface area contributed by atoms with Gasteiger partial charge < -0.3 is 0 Å². The fourth-order valence-corrected chi connectivity index (χ4v) is 0.932. The minimum atomic E-state index is 1.08. The lowest BCUT2D eigenvalue weighted by Crippen LogP contribution is -1.69. The molecule has 0 spiro atoms. The Morgan fingerprint density at radius 2 is 2.22 bits per heavy atom. The van der Waals surface area contributed by atoms with Gasteiger partial charge >= 0.3 is 0 Å². The summed E-state index contributed by atoms with van der Waals surface area (Å²) in [4.78, 5) is 0. The van der Waals surface area contributed by atoms with Crippen molar-refractivity contribution in [3.8, 4) is 0 Å². The molecular weight excluding hydrogens is 128 g/mol. The molecule has 0 amide bonds. The Balaban J connectivity index is 2.82. The van der Waals surface area contributed by atoms with Gasteiger partial charge in [-0.1, -0.05) is 25.8 Å². The highest BCUT2D eigenvalue weighted by atomic mass is 32.2. The number of allylic oxidation sites excluding steroid dienone is 1. The van der Waals surface area contributed by atoms with Crippen LogP contribution >= 0.6 is 11.8 Å². The van der Waals surface area contributed by atoms with Gasteiger partial charge in [-0.3, -0.25) is 0 Å². The summed E-state index contributed by atoms with van der Waals surface area (Å²) in [5.41, 5.74) is 0. The highest BCUT2D eigenvalue weighted by Crippen LogP contribution is 2.01. The molecule has 0 unspecified atom stereocenters. The molecule has 0 bridgehead atoms. The van der Waals surface area contributed by atoms with Crippen molar-refractivity contribution in [2.45, 2.75) is 25.7 Å². The SMILES string of the molecule is [CH2]CCCC/C=C/SC. The second-order valence-corrected chi connectivity index (χ2v) is 2.70. The van der Waals surface area contributed by atoms with Crippen molar-refractivity contribution in [3.63, 3.8) is 0 Å². The second kappa shape index (κ2) is 8.09. The first-order valence-corrected chi connectivity index (χ1v) is 4.67. The van der Waals surface area contributed by atoms with Crippen LogP contribution in [-0.2, 0) is 0 Å². The van der Waals surface area contributed by atoms with Gasteiger partial charge in [-0.05, 0) is 24.5 Å². The van der Waals surface area contributed by atoms with E-state index in [1.165, 1.54) is 19.3 Å². The molecule has 0 N–H and O–H groups in total. The molecule has 0 aromatic heterocycles. The Morgan fingerprint density at radius 1 is 1.44 bits per heavy atom. The average molecular weight is 143 g/mol. The van der Waals surface area contributed by atoms with E-state index in [0.29, 0.717) is 0 Å². The third-order valence-electron chi connectivity index (χ3n) is 1.10. The zero-order valence-electron chi connectivity index (χ0n) is 6.10. The summed E-state index contributed by atoms with van der Waals surface area (Å²) in [6, 6.07) is 0. The maximum atomic E-state index is 3.77. The quantitative estimate of drug-likeness (QED) is 0.532. The molecule has 0 saturated heterocycles. The van der Waals surface area contributed by atoms with Crippen molar-refractivity contribution in [2.24, 2.45) is 0 Å². The van der Waals surface area contributed by atoms with Crippen molar-refractivity contribution in [1.29, 1.82) is 0 Å². The first kappa shape index (κ1) is 9.09. The van der Waals surface area contributed by atoms with Crippen LogP contribution in [0.15, 0.2) is 11.5 Å². The minimum absolute atomic E-state index is 1.08. The highest BCUT2D eigenvalue weighted by molar-refractivity contribution is 8.01. The molecular formula is C8H15S. The Labute approximate surface area is 62.7 Å². The van der Waals surface area contributed by atoms with Crippen LogP contribution in [0.5, 0.6) is 0 Å². The lowest BCUT2D eigenvalue weighted by molar-refractivity contribution is 0.761. The summed E-state index contributed by atoms with van der Waals surface area (Å²) in [5, 5.41) is 2.14. The van der Waals surface area contributed by atoms with Crippen LogP contribution in [-0.4, -0.2) is 6.26 Å². The minimum Gasteiger partial charge on any atom is -0.138 e. The molecule has 1 radical (unpaired) electrons. The zero-order valence-corrected chi connectivity index (χ0v) is 6.91. The monoisotopic (exact) mass is 143 g/mol. The Bertz CT molecular complexity index is 67.0. The lowest BCUT2D eigenvalue weighted by Gasteiger charge is -1.89. The van der Waals surface area contributed by atoms with Crippen molar-refractivity contribution in [1.82, 2.24) is 0 Å². The summed E-state index contributed by atoms with van der Waals surface area (Å²) in [6.45, 7) is 3.77. The predicted octanol–water partition coefficient (Wildman–Crippen LogP) is 3.26. The van der Waals surface area contributed by atoms with Gasteiger partial charge in [0.1, 0.15) is 0 Å². The van der Waals surface area contributed by atoms with Gasteiger partial charge in [-0.2, -0.15) is 0 Å². The van der Waals surface area contributed by atoms with Crippen LogP contribution in [0, 0.1) is 6.92 Å². The van der Waals surface area contributed by atoms with Crippen LogP contribution in [0.25, 0.3) is 0 Å². The van der Waals surface area contributed by atoms with Crippen LogP contribution < -0.4 is 0 Å². The number of hydrogen-bond donors (Lipinski definition) is 0. The standard InChI is InChI=1S/C8H15S/c1-3-4-5-6-7-8-9-2/h7-8H,1,3-6H2,2H3/b8-7+. The molecule has 0 saturated carbocycles. The molecule has 0 nitrogen and oxygen atoms in total. The average Bonchev–Trinajstić information content (AvgIpc) is 1.89. The topological polar surface area (TPSA) is 0 Å². The van der Waals surface area contributed by atoms with Gasteiger partial charge in [0.2, 0.25) is 0 Å². The predicted molar refractivity (Wildman–Crippen MR) is 46.5 cm³/mol. The second-order valence-electron chi connectivity index (χ2n) is 1.96. The molecule has 0 aromatic carbocycles. The number of hydrogen-bond acceptors (Lipinski definition) is 1. The fourth-order valence-electron chi connectivity index (χ4n) is 0.603. The van der Waals surface area contributed by atoms with Crippen molar-refractivity contribution >= 4 is 11.8 Å². The number of unbranched alkanes of at least 4 members (excludes halogenated alkanes) is 3. The molecule has 0 aliphatic heterocycles. The van der Waals surface area contributed by atoms with Crippen LogP contribution in [0.1, 0.15) is 25.7 Å². The molecule has 0 aromatic rings. The van der Waals surface area contributed by atoms with Crippen molar-refractivity contribution < 1.29 is 0 Å². The number of rotatable bonds is 5. The largest absolute Gasteiger partial charge is 0.138 e. The Kier molecular flexibility index (Phi) is 8.17. The summed E-state index contributed by atoms with van der Waals surface area (Å²) < 4.78 is 0. The molecule has 1 heteroatoms. The summed E-state index contributed by atoms with van der Waals surface area (Å²) in [6.07, 6.45) is 9.15. The van der Waals surface area contributed by atoms with Gasteiger partial charge in [-0.15, -0.1) is 11.8 Å². The zero-order chi connectivity index (χ0) is 6.95. The molecule has 0 fully saturated rings. The van der Waals surface area contributed by atoms with E-state index in [1.54, 1.807) is 11.8 Å². The highest BCUT2D eigenvalue weighted by Gasteiger charge is 1.79. The summed E-state index contributed by atoms with van der Waals surface area (Å²) in [5.74, 6) is 0. The van der Waals surface area contributed by atoms with E-state index in [1.807, 2.05) is 0 Å². The van der Waals surface area contributed by atoms with Gasteiger partial charge in [0.05, 0.1) is 0 Å². The molecule has 0 heterocycles. The molecule has 0 aliphatic carbocycles. The fraction of sp³-hybridized carbons (Fsp3) is 0.625. The maximum absolute atomic E-state index is 3.77. The molecule has 0 aliphatic rings. The van der Waals surface area contributed by atoms with E-state index in [0.717, 1.165) is 6.42 Å². The van der Waals surface area contributed by atoms with E-state index in [2.05, 4.69) is 24.7 Å². The first-order valence-electron chi connectivity index (χ1n) is 3.39. The molecule has 0 atom stereocenters. The Hall–Kier alpha value is 0.0900. The van der Waals surface area contributed by atoms with Gasteiger partial charge in [0, 0.05) is 0 Å². The van der Waals surface area contributed by atoms with Crippen molar-refractivity contribution in [3.05, 3.63) is 18.4 Å². The Morgan fingerprint density at radius 3 is 2.78 bits per heavy atom. The van der Waals surface area contributed by atoms with E-state index in [9.17, 15) is 0 Å². The van der Waals surface area contributed by atoms with Crippen LogP contribution in [0.4, 0.5) is 0 Å².